The molecule has 0 aliphatic carbocycles. The lowest BCUT2D eigenvalue weighted by molar-refractivity contribution is 0.0608. The van der Waals surface area contributed by atoms with Crippen LogP contribution in [0.4, 0.5) is 14.9 Å². The molecule has 1 N–H and O–H groups in total. The highest BCUT2D eigenvalue weighted by Gasteiger charge is 2.28. The molecule has 2 amide bonds. The van der Waals surface area contributed by atoms with Crippen molar-refractivity contribution in [3.05, 3.63) is 114 Å². The molecule has 4 aromatic carbocycles. The SMILES string of the molecule is O=C(Nc1cccc2ccccc12)N(Cc1ccccc1)CC1CC(c2ccccc2F)=NO1. The summed E-state index contributed by atoms with van der Waals surface area (Å²) in [5.41, 5.74) is 2.73. The first-order valence-electron chi connectivity index (χ1n) is 11.2. The molecule has 0 radical (unpaired) electrons. The van der Waals surface area contributed by atoms with E-state index >= 15 is 0 Å². The summed E-state index contributed by atoms with van der Waals surface area (Å²) in [6.07, 6.45) is 0.0601. The fraction of sp³-hybridized carbons (Fsp3) is 0.143. The summed E-state index contributed by atoms with van der Waals surface area (Å²) in [6, 6.07) is 29.8. The van der Waals surface area contributed by atoms with Crippen LogP contribution in [0.3, 0.4) is 0 Å². The Morgan fingerprint density at radius 2 is 1.68 bits per heavy atom. The minimum Gasteiger partial charge on any atom is -0.390 e. The minimum atomic E-state index is -0.364. The van der Waals surface area contributed by atoms with Gasteiger partial charge < -0.3 is 15.1 Å². The van der Waals surface area contributed by atoms with E-state index in [1.807, 2.05) is 72.8 Å². The van der Waals surface area contributed by atoms with Gasteiger partial charge in [-0.25, -0.2) is 9.18 Å². The summed E-state index contributed by atoms with van der Waals surface area (Å²) < 4.78 is 14.2. The molecule has 34 heavy (non-hydrogen) atoms. The van der Waals surface area contributed by atoms with Gasteiger partial charge in [0.25, 0.3) is 0 Å². The van der Waals surface area contributed by atoms with E-state index in [4.69, 9.17) is 4.84 Å². The molecule has 5 rings (SSSR count). The van der Waals surface area contributed by atoms with E-state index in [2.05, 4.69) is 10.5 Å². The predicted octanol–water partition coefficient (Wildman–Crippen LogP) is 6.21. The summed E-state index contributed by atoms with van der Waals surface area (Å²) >= 11 is 0. The summed E-state index contributed by atoms with van der Waals surface area (Å²) in [5, 5.41) is 9.20. The number of hydrogen-bond acceptors (Lipinski definition) is 3. The van der Waals surface area contributed by atoms with Crippen LogP contribution < -0.4 is 5.32 Å². The van der Waals surface area contributed by atoms with Crippen LogP contribution in [0.15, 0.2) is 102 Å². The Kier molecular flexibility index (Phi) is 6.21. The summed E-state index contributed by atoms with van der Waals surface area (Å²) in [6.45, 7) is 0.722. The van der Waals surface area contributed by atoms with E-state index in [9.17, 15) is 9.18 Å². The molecule has 1 atom stereocenters. The zero-order valence-electron chi connectivity index (χ0n) is 18.5. The first-order valence-corrected chi connectivity index (χ1v) is 11.2. The third-order valence-corrected chi connectivity index (χ3v) is 5.88. The number of oxime groups is 1. The topological polar surface area (TPSA) is 53.9 Å². The van der Waals surface area contributed by atoms with Crippen LogP contribution in [0.5, 0.6) is 0 Å². The fourth-order valence-corrected chi connectivity index (χ4v) is 4.18. The van der Waals surface area contributed by atoms with E-state index in [1.54, 1.807) is 23.1 Å². The Bertz CT molecular complexity index is 1330. The zero-order valence-corrected chi connectivity index (χ0v) is 18.5. The second-order valence-corrected chi connectivity index (χ2v) is 8.27. The Morgan fingerprint density at radius 3 is 2.53 bits per heavy atom. The predicted molar refractivity (Wildman–Crippen MR) is 132 cm³/mol. The van der Waals surface area contributed by atoms with Gasteiger partial charge in [-0.05, 0) is 23.1 Å². The van der Waals surface area contributed by atoms with Gasteiger partial charge in [-0.2, -0.15) is 0 Å². The lowest BCUT2D eigenvalue weighted by Gasteiger charge is -2.25. The number of fused-ring (bicyclic) bond motifs is 1. The fourth-order valence-electron chi connectivity index (χ4n) is 4.18. The number of anilines is 1. The van der Waals surface area contributed by atoms with E-state index in [0.29, 0.717) is 30.8 Å². The lowest BCUT2D eigenvalue weighted by atomic mass is 10.0. The number of amides is 2. The van der Waals surface area contributed by atoms with E-state index in [0.717, 1.165) is 22.0 Å². The van der Waals surface area contributed by atoms with Crippen molar-refractivity contribution >= 4 is 28.2 Å². The molecule has 5 nitrogen and oxygen atoms in total. The van der Waals surface area contributed by atoms with Crippen LogP contribution >= 0.6 is 0 Å². The van der Waals surface area contributed by atoms with Crippen molar-refractivity contribution in [2.75, 3.05) is 11.9 Å². The summed E-state index contributed by atoms with van der Waals surface area (Å²) in [5.74, 6) is -0.333. The van der Waals surface area contributed by atoms with Gasteiger partial charge in [-0.1, -0.05) is 90.1 Å². The molecule has 0 fully saturated rings. The van der Waals surface area contributed by atoms with Gasteiger partial charge in [-0.15, -0.1) is 0 Å². The normalized spacial score (nSPS) is 15.0. The maximum absolute atomic E-state index is 14.2. The minimum absolute atomic E-state index is 0.233. The maximum Gasteiger partial charge on any atom is 0.322 e. The number of halogens is 1. The number of nitrogens with zero attached hydrogens (tertiary/aromatic N) is 2. The number of urea groups is 1. The largest absolute Gasteiger partial charge is 0.390 e. The van der Waals surface area contributed by atoms with Gasteiger partial charge in [0.2, 0.25) is 0 Å². The highest BCUT2D eigenvalue weighted by atomic mass is 19.1. The highest BCUT2D eigenvalue weighted by molar-refractivity contribution is 6.02. The molecule has 0 saturated carbocycles. The lowest BCUT2D eigenvalue weighted by Crippen LogP contribution is -2.40. The second-order valence-electron chi connectivity index (χ2n) is 8.27. The molecule has 0 saturated heterocycles. The quantitative estimate of drug-likeness (QED) is 0.378. The third kappa shape index (κ3) is 4.76. The zero-order chi connectivity index (χ0) is 23.3. The Morgan fingerprint density at radius 1 is 0.941 bits per heavy atom. The van der Waals surface area contributed by atoms with Crippen LogP contribution in [0.1, 0.15) is 17.5 Å². The van der Waals surface area contributed by atoms with Gasteiger partial charge in [0.05, 0.1) is 17.9 Å². The Balaban J connectivity index is 1.34. The number of hydrogen-bond donors (Lipinski definition) is 1. The molecule has 6 heteroatoms. The van der Waals surface area contributed by atoms with Gasteiger partial charge in [0.1, 0.15) is 5.82 Å². The van der Waals surface area contributed by atoms with E-state index in [-0.39, 0.29) is 18.0 Å². The van der Waals surface area contributed by atoms with Crippen molar-refractivity contribution in [3.8, 4) is 0 Å². The monoisotopic (exact) mass is 453 g/mol. The maximum atomic E-state index is 14.2. The summed E-state index contributed by atoms with van der Waals surface area (Å²) in [7, 11) is 0. The molecule has 170 valence electrons. The van der Waals surface area contributed by atoms with Crippen molar-refractivity contribution in [1.29, 1.82) is 0 Å². The number of carbonyl (C=O) groups excluding carboxylic acids is 1. The average molecular weight is 454 g/mol. The molecule has 1 aliphatic rings. The van der Waals surface area contributed by atoms with Gasteiger partial charge in [0, 0.05) is 23.9 Å². The van der Waals surface area contributed by atoms with Crippen molar-refractivity contribution < 1.29 is 14.0 Å². The van der Waals surface area contributed by atoms with E-state index in [1.165, 1.54) is 6.07 Å². The van der Waals surface area contributed by atoms with Gasteiger partial charge in [-0.3, -0.25) is 0 Å². The average Bonchev–Trinajstić information content (AvgIpc) is 3.33. The molecule has 1 heterocycles. The van der Waals surface area contributed by atoms with Gasteiger partial charge >= 0.3 is 6.03 Å². The number of benzene rings is 4. The van der Waals surface area contributed by atoms with Crippen LogP contribution in [-0.2, 0) is 11.4 Å². The standard InChI is InChI=1S/C28H24FN3O2/c29-25-15-7-6-14-24(25)27-17-22(34-31-27)19-32(18-20-9-2-1-3-10-20)28(33)30-26-16-8-12-21-11-4-5-13-23(21)26/h1-16,22H,17-19H2,(H,30,33). The first kappa shape index (κ1) is 21.6. The van der Waals surface area contributed by atoms with Crippen LogP contribution in [0, 0.1) is 5.82 Å². The summed E-state index contributed by atoms with van der Waals surface area (Å²) in [4.78, 5) is 20.7. The molecular formula is C28H24FN3O2. The molecule has 0 bridgehead atoms. The molecule has 0 spiro atoms. The van der Waals surface area contributed by atoms with E-state index < -0.39 is 0 Å². The smallest absolute Gasteiger partial charge is 0.322 e. The number of carbonyl (C=O) groups is 1. The number of rotatable bonds is 6. The molecule has 4 aromatic rings. The molecule has 1 unspecified atom stereocenters. The first-order chi connectivity index (χ1) is 16.7. The van der Waals surface area contributed by atoms with Gasteiger partial charge in [0.15, 0.2) is 6.10 Å². The third-order valence-electron chi connectivity index (χ3n) is 5.88. The highest BCUT2D eigenvalue weighted by Crippen LogP contribution is 2.25. The van der Waals surface area contributed by atoms with Crippen LogP contribution in [0.25, 0.3) is 10.8 Å². The van der Waals surface area contributed by atoms with Crippen molar-refractivity contribution in [1.82, 2.24) is 4.90 Å². The van der Waals surface area contributed by atoms with Crippen molar-refractivity contribution in [2.45, 2.75) is 19.1 Å². The van der Waals surface area contributed by atoms with Crippen molar-refractivity contribution in [3.63, 3.8) is 0 Å². The second kappa shape index (κ2) is 9.75. The molecule has 1 aliphatic heterocycles. The van der Waals surface area contributed by atoms with Crippen LogP contribution in [0.2, 0.25) is 0 Å². The van der Waals surface area contributed by atoms with Crippen LogP contribution in [-0.4, -0.2) is 29.3 Å². The van der Waals surface area contributed by atoms with Crippen molar-refractivity contribution in [2.24, 2.45) is 5.16 Å². The Labute approximate surface area is 197 Å². The number of nitrogens with one attached hydrogen (secondary N) is 1. The molecular weight excluding hydrogens is 429 g/mol. The Hall–Kier alpha value is -4.19. The molecule has 0 aromatic heterocycles.